The average molecular weight is 698 g/mol. The van der Waals surface area contributed by atoms with Gasteiger partial charge in [-0.05, 0) is 47.5 Å². The van der Waals surface area contributed by atoms with Crippen LogP contribution in [0.2, 0.25) is 0 Å². The van der Waals surface area contributed by atoms with Gasteiger partial charge in [-0.15, -0.1) is 11.3 Å². The van der Waals surface area contributed by atoms with E-state index in [0.717, 1.165) is 80.9 Å². The van der Waals surface area contributed by atoms with Crippen molar-refractivity contribution in [1.29, 1.82) is 0 Å². The Morgan fingerprint density at radius 1 is 0.434 bits per heavy atom. The first kappa shape index (κ1) is 29.7. The van der Waals surface area contributed by atoms with Crippen molar-refractivity contribution in [3.05, 3.63) is 164 Å². The Hall–Kier alpha value is -6.96. The molecule has 0 saturated heterocycles. The van der Waals surface area contributed by atoms with E-state index in [1.54, 1.807) is 11.3 Å². The van der Waals surface area contributed by atoms with Crippen molar-refractivity contribution in [2.24, 2.45) is 0 Å². The third-order valence-corrected chi connectivity index (χ3v) is 11.2. The molecule has 0 saturated carbocycles. The highest BCUT2D eigenvalue weighted by molar-refractivity contribution is 7.26. The van der Waals surface area contributed by atoms with E-state index in [2.05, 4.69) is 120 Å². The molecule has 11 rings (SSSR count). The summed E-state index contributed by atoms with van der Waals surface area (Å²) in [6, 6.07) is 56.3. The predicted octanol–water partition coefficient (Wildman–Crippen LogP) is 12.1. The van der Waals surface area contributed by atoms with Gasteiger partial charge in [-0.1, -0.05) is 127 Å². The number of rotatable bonds is 5. The maximum Gasteiger partial charge on any atom is 0.238 e. The van der Waals surface area contributed by atoms with Crippen molar-refractivity contribution in [2.45, 2.75) is 0 Å². The smallest absolute Gasteiger partial charge is 0.238 e. The van der Waals surface area contributed by atoms with Gasteiger partial charge in [0.25, 0.3) is 0 Å². The van der Waals surface area contributed by atoms with Crippen LogP contribution in [0.3, 0.4) is 0 Å². The summed E-state index contributed by atoms with van der Waals surface area (Å²) in [6.45, 7) is 0. The first-order valence-corrected chi connectivity index (χ1v) is 18.3. The van der Waals surface area contributed by atoms with Gasteiger partial charge in [-0.2, -0.15) is 9.97 Å². The Balaban J connectivity index is 1.17. The lowest BCUT2D eigenvalue weighted by atomic mass is 10.0. The third-order valence-electron chi connectivity index (χ3n) is 9.93. The van der Waals surface area contributed by atoms with E-state index >= 15 is 0 Å². The summed E-state index contributed by atoms with van der Waals surface area (Å²) in [5.74, 6) is 2.40. The summed E-state index contributed by atoms with van der Waals surface area (Å²) in [4.78, 5) is 20.5. The number of thiophene rings is 1. The molecule has 0 fully saturated rings. The zero-order valence-corrected chi connectivity index (χ0v) is 29.0. The fourth-order valence-electron chi connectivity index (χ4n) is 7.45. The quantitative estimate of drug-likeness (QED) is 0.179. The van der Waals surface area contributed by atoms with Crippen molar-refractivity contribution >= 4 is 64.4 Å². The molecule has 0 aliphatic rings. The van der Waals surface area contributed by atoms with Gasteiger partial charge in [0, 0.05) is 42.1 Å². The Labute approximate surface area is 307 Å². The van der Waals surface area contributed by atoms with Gasteiger partial charge >= 0.3 is 0 Å². The monoisotopic (exact) mass is 697 g/mol. The number of aromatic nitrogens is 5. The molecular weight excluding hydrogens is 671 g/mol. The van der Waals surface area contributed by atoms with Crippen molar-refractivity contribution in [3.8, 4) is 51.3 Å². The van der Waals surface area contributed by atoms with Gasteiger partial charge in [0.15, 0.2) is 17.2 Å². The van der Waals surface area contributed by atoms with Crippen LogP contribution in [-0.2, 0) is 0 Å². The maximum absolute atomic E-state index is 6.26. The van der Waals surface area contributed by atoms with Gasteiger partial charge in [-0.25, -0.2) is 9.97 Å². The Morgan fingerprint density at radius 2 is 1.08 bits per heavy atom. The van der Waals surface area contributed by atoms with E-state index in [9.17, 15) is 0 Å². The molecule has 0 aliphatic carbocycles. The zero-order chi connectivity index (χ0) is 34.9. The van der Waals surface area contributed by atoms with E-state index in [1.165, 1.54) is 0 Å². The largest absolute Gasteiger partial charge is 0.436 e. The van der Waals surface area contributed by atoms with Gasteiger partial charge in [-0.3, -0.25) is 4.57 Å². The fraction of sp³-hybridized carbons (Fsp3) is 0. The second-order valence-corrected chi connectivity index (χ2v) is 14.1. The lowest BCUT2D eigenvalue weighted by Crippen LogP contribution is -2.06. The molecule has 0 N–H and O–H groups in total. The molecule has 248 valence electrons. The second-order valence-electron chi connectivity index (χ2n) is 13.1. The number of hydrogen-bond acceptors (Lipinski definition) is 6. The minimum absolute atomic E-state index is 0.565. The van der Waals surface area contributed by atoms with Crippen LogP contribution in [0.5, 0.6) is 0 Å². The highest BCUT2D eigenvalue weighted by atomic mass is 32.1. The molecule has 0 spiro atoms. The van der Waals surface area contributed by atoms with Crippen LogP contribution in [0.15, 0.2) is 168 Å². The first-order valence-electron chi connectivity index (χ1n) is 17.5. The van der Waals surface area contributed by atoms with Crippen LogP contribution in [0.1, 0.15) is 0 Å². The summed E-state index contributed by atoms with van der Waals surface area (Å²) in [5, 5.41) is 4.55. The van der Waals surface area contributed by atoms with Crippen LogP contribution < -0.4 is 0 Å². The van der Waals surface area contributed by atoms with Crippen LogP contribution >= 0.6 is 11.3 Å². The molecule has 4 heterocycles. The standard InChI is InChI=1S/C46H27N5OS/c1-3-13-28(14-4-1)30-25-26-32-31-17-7-9-23-38(31)51(39(32)27-30)46-49-43(29-15-5-2-6-16-29)48-44(50-46)35-20-11-18-33-34-19-12-21-36(42(34)53-41(33)35)45-47-37-22-8-10-24-40(37)52-45/h1-27H. The van der Waals surface area contributed by atoms with E-state index in [-0.39, 0.29) is 0 Å². The lowest BCUT2D eigenvalue weighted by molar-refractivity contribution is 0.621. The van der Waals surface area contributed by atoms with Crippen LogP contribution in [0.25, 0.3) is 104 Å². The Kier molecular flexibility index (Phi) is 6.62. The van der Waals surface area contributed by atoms with Crippen LogP contribution in [0, 0.1) is 0 Å². The molecular formula is C46H27N5OS. The Morgan fingerprint density at radius 3 is 1.89 bits per heavy atom. The number of para-hydroxylation sites is 3. The summed E-state index contributed by atoms with van der Waals surface area (Å²) >= 11 is 1.72. The predicted molar refractivity (Wildman–Crippen MR) is 216 cm³/mol. The highest BCUT2D eigenvalue weighted by Crippen LogP contribution is 2.44. The average Bonchev–Trinajstić information content (AvgIpc) is 3.93. The fourth-order valence-corrected chi connectivity index (χ4v) is 8.76. The van der Waals surface area contributed by atoms with Crippen molar-refractivity contribution < 1.29 is 4.42 Å². The summed E-state index contributed by atoms with van der Waals surface area (Å²) in [7, 11) is 0. The minimum atomic E-state index is 0.565. The van der Waals surface area contributed by atoms with Crippen molar-refractivity contribution in [3.63, 3.8) is 0 Å². The minimum Gasteiger partial charge on any atom is -0.436 e. The SMILES string of the molecule is c1ccc(-c2ccc3c4ccccc4n(-c4nc(-c5ccccc5)nc(-c5cccc6c5sc5c(-c7nc8ccccc8o7)cccc56)n4)c3c2)cc1. The van der Waals surface area contributed by atoms with Crippen molar-refractivity contribution in [1.82, 2.24) is 24.5 Å². The number of fused-ring (bicyclic) bond motifs is 7. The molecule has 0 atom stereocenters. The van der Waals surface area contributed by atoms with E-state index in [0.29, 0.717) is 23.5 Å². The summed E-state index contributed by atoms with van der Waals surface area (Å²) in [6.07, 6.45) is 0. The molecule has 4 aromatic heterocycles. The number of nitrogens with zero attached hydrogens (tertiary/aromatic N) is 5. The van der Waals surface area contributed by atoms with Crippen LogP contribution in [-0.4, -0.2) is 24.5 Å². The molecule has 0 bridgehead atoms. The Bertz CT molecular complexity index is 3150. The first-order chi connectivity index (χ1) is 26.3. The zero-order valence-electron chi connectivity index (χ0n) is 28.1. The van der Waals surface area contributed by atoms with Crippen LogP contribution in [0.4, 0.5) is 0 Å². The van der Waals surface area contributed by atoms with E-state index < -0.39 is 0 Å². The lowest BCUT2D eigenvalue weighted by Gasteiger charge is -2.12. The molecule has 0 unspecified atom stereocenters. The normalized spacial score (nSPS) is 11.8. The summed E-state index contributed by atoms with van der Waals surface area (Å²) in [5.41, 5.74) is 8.79. The molecule has 0 radical (unpaired) electrons. The van der Waals surface area contributed by atoms with Gasteiger partial charge in [0.2, 0.25) is 11.8 Å². The second kappa shape index (κ2) is 11.8. The highest BCUT2D eigenvalue weighted by Gasteiger charge is 2.21. The van der Waals surface area contributed by atoms with Gasteiger partial charge in [0.1, 0.15) is 5.52 Å². The third kappa shape index (κ3) is 4.79. The molecule has 7 heteroatoms. The molecule has 53 heavy (non-hydrogen) atoms. The topological polar surface area (TPSA) is 69.6 Å². The number of oxazole rings is 1. The van der Waals surface area contributed by atoms with Crippen molar-refractivity contribution in [2.75, 3.05) is 0 Å². The van der Waals surface area contributed by atoms with E-state index in [1.807, 2.05) is 48.5 Å². The molecule has 0 aliphatic heterocycles. The molecule has 0 amide bonds. The summed E-state index contributed by atoms with van der Waals surface area (Å²) < 4.78 is 10.6. The van der Waals surface area contributed by atoms with Gasteiger partial charge < -0.3 is 4.42 Å². The van der Waals surface area contributed by atoms with Gasteiger partial charge in [0.05, 0.1) is 16.6 Å². The molecule has 7 aromatic carbocycles. The number of benzene rings is 7. The van der Waals surface area contributed by atoms with E-state index in [4.69, 9.17) is 24.4 Å². The molecule has 11 aromatic rings. The number of hydrogen-bond donors (Lipinski definition) is 0. The maximum atomic E-state index is 6.26. The molecule has 6 nitrogen and oxygen atoms in total.